The summed E-state index contributed by atoms with van der Waals surface area (Å²) in [6.07, 6.45) is 16.3. The monoisotopic (exact) mass is 589 g/mol. The first kappa shape index (κ1) is 30.4. The molecule has 2 amide bonds. The average Bonchev–Trinajstić information content (AvgIpc) is 3.53. The second-order valence-electron chi connectivity index (χ2n) is 14.0. The van der Waals surface area contributed by atoms with Crippen LogP contribution >= 0.6 is 0 Å². The van der Waals surface area contributed by atoms with Crippen molar-refractivity contribution in [2.75, 3.05) is 52.5 Å². The van der Waals surface area contributed by atoms with Gasteiger partial charge in [0.15, 0.2) is 0 Å². The van der Waals surface area contributed by atoms with Crippen molar-refractivity contribution in [1.82, 2.24) is 14.7 Å². The maximum atomic E-state index is 13.9. The summed E-state index contributed by atoms with van der Waals surface area (Å²) in [6, 6.07) is 10.1. The normalized spacial score (nSPS) is 27.2. The molecule has 3 heterocycles. The quantitative estimate of drug-likeness (QED) is 0.470. The van der Waals surface area contributed by atoms with E-state index >= 15 is 0 Å². The second-order valence-corrected chi connectivity index (χ2v) is 14.0. The van der Waals surface area contributed by atoms with Crippen LogP contribution in [-0.2, 0) is 14.3 Å². The van der Waals surface area contributed by atoms with Crippen LogP contribution in [0.5, 0.6) is 0 Å². The van der Waals surface area contributed by atoms with E-state index in [9.17, 15) is 14.7 Å². The Morgan fingerprint density at radius 2 is 1.67 bits per heavy atom. The van der Waals surface area contributed by atoms with E-state index in [-0.39, 0.29) is 23.1 Å². The first-order valence-corrected chi connectivity index (χ1v) is 17.0. The number of carbonyl (C=O) groups is 2. The number of hydrogen-bond donors (Lipinski definition) is 1. The van der Waals surface area contributed by atoms with Gasteiger partial charge in [0.1, 0.15) is 0 Å². The summed E-state index contributed by atoms with van der Waals surface area (Å²) < 4.78 is 5.52. The fourth-order valence-electron chi connectivity index (χ4n) is 8.69. The molecule has 1 aromatic carbocycles. The van der Waals surface area contributed by atoms with Crippen LogP contribution in [-0.4, -0.2) is 89.7 Å². The summed E-state index contributed by atoms with van der Waals surface area (Å²) in [4.78, 5) is 33.7. The van der Waals surface area contributed by atoms with Gasteiger partial charge >= 0.3 is 0 Å². The topological polar surface area (TPSA) is 73.3 Å². The van der Waals surface area contributed by atoms with Gasteiger partial charge in [0.05, 0.1) is 24.4 Å². The van der Waals surface area contributed by atoms with Crippen LogP contribution in [0.3, 0.4) is 0 Å². The van der Waals surface area contributed by atoms with Crippen molar-refractivity contribution < 1.29 is 19.4 Å². The second kappa shape index (κ2) is 13.2. The molecule has 1 N–H and O–H groups in total. The number of carbonyl (C=O) groups excluding carboxylic acids is 2. The molecule has 4 fully saturated rings. The van der Waals surface area contributed by atoms with Crippen LogP contribution in [0.2, 0.25) is 0 Å². The Bertz CT molecular complexity index is 1190. The minimum Gasteiger partial charge on any atom is -0.387 e. The van der Waals surface area contributed by atoms with E-state index in [1.54, 1.807) is 0 Å². The average molecular weight is 590 g/mol. The van der Waals surface area contributed by atoms with Gasteiger partial charge in [-0.1, -0.05) is 88.3 Å². The molecule has 2 aliphatic carbocycles. The smallest absolute Gasteiger partial charge is 0.256 e. The molecule has 2 saturated heterocycles. The fourth-order valence-corrected chi connectivity index (χ4v) is 8.69. The summed E-state index contributed by atoms with van der Waals surface area (Å²) in [6.45, 7) is 6.81. The summed E-state index contributed by atoms with van der Waals surface area (Å²) in [7, 11) is 0. The lowest BCUT2D eigenvalue weighted by atomic mass is 9.65. The van der Waals surface area contributed by atoms with E-state index in [1.807, 2.05) is 29.3 Å². The molecule has 0 unspecified atom stereocenters. The van der Waals surface area contributed by atoms with E-state index in [0.717, 1.165) is 43.2 Å². The van der Waals surface area contributed by atoms with Crippen LogP contribution in [0, 0.1) is 17.3 Å². The molecule has 6 rings (SSSR count). The van der Waals surface area contributed by atoms with Crippen LogP contribution in [0.4, 0.5) is 0 Å². The summed E-state index contributed by atoms with van der Waals surface area (Å²) in [5.74, 6) is 1.04. The third-order valence-electron chi connectivity index (χ3n) is 11.2. The molecule has 7 nitrogen and oxygen atoms in total. The number of β-amino-alcohol motifs (C(OH)–C–C–N with tert-alkyl or cyclic N) is 1. The minimum atomic E-state index is -0.908. The highest BCUT2D eigenvalue weighted by Crippen LogP contribution is 2.52. The van der Waals surface area contributed by atoms with E-state index in [1.165, 1.54) is 32.1 Å². The highest BCUT2D eigenvalue weighted by atomic mass is 16.5. The van der Waals surface area contributed by atoms with Crippen molar-refractivity contribution in [3.63, 3.8) is 0 Å². The number of ether oxygens (including phenoxy) is 1. The van der Waals surface area contributed by atoms with Gasteiger partial charge in [0.25, 0.3) is 5.91 Å². The van der Waals surface area contributed by atoms with Crippen LogP contribution in [0.15, 0.2) is 48.2 Å². The van der Waals surface area contributed by atoms with Gasteiger partial charge in [0, 0.05) is 56.8 Å². The molecule has 43 heavy (non-hydrogen) atoms. The van der Waals surface area contributed by atoms with Gasteiger partial charge in [-0.2, -0.15) is 0 Å². The third kappa shape index (κ3) is 6.44. The van der Waals surface area contributed by atoms with Crippen molar-refractivity contribution in [2.24, 2.45) is 17.3 Å². The Morgan fingerprint density at radius 3 is 2.40 bits per heavy atom. The SMILES string of the molecule is C[C@H](CC1CCCCC1)C(=O)N1CC[C@@](O)(CN2C=C(C(=O)N3CCOCC3)C(c3ccccc3)=CC2)C2(CCCC2)C1. The Balaban J connectivity index is 1.19. The van der Waals surface area contributed by atoms with Crippen LogP contribution in [0.1, 0.15) is 83.1 Å². The standard InChI is InChI=1S/C36H51N3O4/c1-28(24-29-10-4-2-5-11-29)33(40)39-19-17-36(42,35(26-39)15-8-9-16-35)27-37-18-14-31(30-12-6-3-7-13-30)32(25-37)34(41)38-20-22-43-23-21-38/h3,6-7,12-14,25,28-29,42H,2,4-5,8-11,15-24,26-27H2,1H3/t28-,36-/m1/s1. The van der Waals surface area contributed by atoms with E-state index < -0.39 is 5.60 Å². The first-order chi connectivity index (χ1) is 20.9. The number of benzene rings is 1. The molecule has 3 aliphatic heterocycles. The molecular formula is C36H51N3O4. The summed E-state index contributed by atoms with van der Waals surface area (Å²) >= 11 is 0. The van der Waals surface area contributed by atoms with Crippen molar-refractivity contribution in [2.45, 2.75) is 83.2 Å². The maximum Gasteiger partial charge on any atom is 0.256 e. The number of hydrogen-bond acceptors (Lipinski definition) is 5. The highest BCUT2D eigenvalue weighted by Gasteiger charge is 2.56. The fraction of sp³-hybridized carbons (Fsp3) is 0.667. The number of likely N-dealkylation sites (tertiary alicyclic amines) is 1. The zero-order chi connectivity index (χ0) is 29.9. The Hall–Kier alpha value is -2.64. The largest absolute Gasteiger partial charge is 0.387 e. The molecule has 2 saturated carbocycles. The molecule has 2 atom stereocenters. The number of morpholine rings is 1. The summed E-state index contributed by atoms with van der Waals surface area (Å²) in [5.41, 5.74) is 1.48. The lowest BCUT2D eigenvalue weighted by Crippen LogP contribution is -2.64. The minimum absolute atomic E-state index is 0.0260. The van der Waals surface area contributed by atoms with Crippen molar-refractivity contribution in [3.05, 3.63) is 53.7 Å². The lowest BCUT2D eigenvalue weighted by Gasteiger charge is -2.54. The molecule has 0 bridgehead atoms. The van der Waals surface area contributed by atoms with Gasteiger partial charge in [0.2, 0.25) is 5.91 Å². The number of amides is 2. The maximum absolute atomic E-state index is 13.9. The zero-order valence-electron chi connectivity index (χ0n) is 26.1. The van der Waals surface area contributed by atoms with Gasteiger partial charge in [-0.15, -0.1) is 0 Å². The predicted molar refractivity (Wildman–Crippen MR) is 169 cm³/mol. The van der Waals surface area contributed by atoms with Crippen molar-refractivity contribution in [1.29, 1.82) is 0 Å². The van der Waals surface area contributed by atoms with Gasteiger partial charge < -0.3 is 24.5 Å². The molecule has 0 radical (unpaired) electrons. The van der Waals surface area contributed by atoms with Gasteiger partial charge in [-0.05, 0) is 42.7 Å². The number of piperidine rings is 1. The molecule has 1 aromatic rings. The lowest BCUT2D eigenvalue weighted by molar-refractivity contribution is -0.162. The van der Waals surface area contributed by atoms with Crippen molar-refractivity contribution in [3.8, 4) is 0 Å². The first-order valence-electron chi connectivity index (χ1n) is 17.0. The Kier molecular flexibility index (Phi) is 9.29. The van der Waals surface area contributed by atoms with Crippen LogP contribution < -0.4 is 0 Å². The molecule has 234 valence electrons. The highest BCUT2D eigenvalue weighted by molar-refractivity contribution is 6.09. The molecule has 5 aliphatic rings. The van der Waals surface area contributed by atoms with Crippen molar-refractivity contribution >= 4 is 17.4 Å². The molecular weight excluding hydrogens is 538 g/mol. The number of aliphatic hydroxyl groups is 1. The Labute approximate surface area is 257 Å². The van der Waals surface area contributed by atoms with E-state index in [0.29, 0.717) is 70.4 Å². The zero-order valence-corrected chi connectivity index (χ0v) is 26.1. The third-order valence-corrected chi connectivity index (χ3v) is 11.2. The van der Waals surface area contributed by atoms with Gasteiger partial charge in [-0.25, -0.2) is 0 Å². The number of rotatable bonds is 7. The Morgan fingerprint density at radius 1 is 0.953 bits per heavy atom. The molecule has 1 spiro atoms. The van der Waals surface area contributed by atoms with Crippen LogP contribution in [0.25, 0.3) is 5.57 Å². The molecule has 0 aromatic heterocycles. The molecule has 7 heteroatoms. The summed E-state index contributed by atoms with van der Waals surface area (Å²) in [5, 5.41) is 12.5. The number of nitrogens with zero attached hydrogens (tertiary/aromatic N) is 3. The van der Waals surface area contributed by atoms with E-state index in [2.05, 4.69) is 34.9 Å². The predicted octanol–water partition coefficient (Wildman–Crippen LogP) is 5.26. The van der Waals surface area contributed by atoms with Gasteiger partial charge in [-0.3, -0.25) is 9.59 Å². The van der Waals surface area contributed by atoms with E-state index in [4.69, 9.17) is 4.74 Å².